The summed E-state index contributed by atoms with van der Waals surface area (Å²) in [5.41, 5.74) is 1.05. The van der Waals surface area contributed by atoms with E-state index in [1.165, 1.54) is 25.3 Å². The van der Waals surface area contributed by atoms with Gasteiger partial charge in [0.15, 0.2) is 0 Å². The summed E-state index contributed by atoms with van der Waals surface area (Å²) in [7, 11) is -2.24. The maximum Gasteiger partial charge on any atom is 0.255 e. The molecule has 0 aliphatic heterocycles. The average molecular weight is 417 g/mol. The van der Waals surface area contributed by atoms with Crippen LogP contribution in [0.4, 0.5) is 11.4 Å². The molecule has 29 heavy (non-hydrogen) atoms. The molecule has 3 rings (SSSR count). The molecule has 0 unspecified atom stereocenters. The molecular formula is C20H23N3O5S. The summed E-state index contributed by atoms with van der Waals surface area (Å²) in [6, 6.07) is 10.7. The fourth-order valence-corrected chi connectivity index (χ4v) is 3.95. The SMILES string of the molecule is CCC(=O)Nc1cccc(C(=O)Nc2cc(S(=O)(=O)NC3CC3)ccc2OC)c1. The molecule has 2 aromatic carbocycles. The standard InChI is InChI=1S/C20H23N3O5S/c1-3-19(24)21-15-6-4-5-13(11-15)20(25)22-17-12-16(9-10-18(17)28-2)29(26,27)23-14-7-8-14/h4-6,9-12,14,23H,3,7-8H2,1-2H3,(H,21,24)(H,22,25). The van der Waals surface area contributed by atoms with E-state index in [9.17, 15) is 18.0 Å². The predicted molar refractivity (Wildman–Crippen MR) is 110 cm³/mol. The Morgan fingerprint density at radius 2 is 1.86 bits per heavy atom. The Morgan fingerprint density at radius 1 is 1.10 bits per heavy atom. The molecule has 1 saturated carbocycles. The lowest BCUT2D eigenvalue weighted by Gasteiger charge is -2.13. The van der Waals surface area contributed by atoms with Crippen LogP contribution in [0.3, 0.4) is 0 Å². The molecule has 2 amide bonds. The van der Waals surface area contributed by atoms with Gasteiger partial charge in [-0.3, -0.25) is 9.59 Å². The first kappa shape index (κ1) is 20.8. The monoisotopic (exact) mass is 417 g/mol. The van der Waals surface area contributed by atoms with E-state index >= 15 is 0 Å². The number of anilines is 2. The number of hydrogen-bond donors (Lipinski definition) is 3. The van der Waals surface area contributed by atoms with E-state index < -0.39 is 15.9 Å². The van der Waals surface area contributed by atoms with Crippen molar-refractivity contribution >= 4 is 33.2 Å². The molecule has 3 N–H and O–H groups in total. The van der Waals surface area contributed by atoms with E-state index in [4.69, 9.17) is 4.74 Å². The molecule has 0 aromatic heterocycles. The summed E-state index contributed by atoms with van der Waals surface area (Å²) in [5, 5.41) is 5.38. The molecule has 0 bridgehead atoms. The van der Waals surface area contributed by atoms with Crippen LogP contribution in [0.5, 0.6) is 5.75 Å². The van der Waals surface area contributed by atoms with Crippen LogP contribution in [0.25, 0.3) is 0 Å². The summed E-state index contributed by atoms with van der Waals surface area (Å²) in [4.78, 5) is 24.3. The summed E-state index contributed by atoms with van der Waals surface area (Å²) in [6.45, 7) is 1.73. The van der Waals surface area contributed by atoms with Crippen molar-refractivity contribution in [1.29, 1.82) is 0 Å². The smallest absolute Gasteiger partial charge is 0.255 e. The predicted octanol–water partition coefficient (Wildman–Crippen LogP) is 2.74. The highest BCUT2D eigenvalue weighted by molar-refractivity contribution is 7.89. The quantitative estimate of drug-likeness (QED) is 0.611. The molecule has 0 spiro atoms. The Kier molecular flexibility index (Phi) is 6.19. The van der Waals surface area contributed by atoms with Crippen LogP contribution in [-0.2, 0) is 14.8 Å². The van der Waals surface area contributed by atoms with Crippen LogP contribution in [0, 0.1) is 0 Å². The van der Waals surface area contributed by atoms with Crippen molar-refractivity contribution in [2.75, 3.05) is 17.7 Å². The molecule has 2 aromatic rings. The molecule has 0 radical (unpaired) electrons. The van der Waals surface area contributed by atoms with Crippen LogP contribution >= 0.6 is 0 Å². The van der Waals surface area contributed by atoms with Gasteiger partial charge in [-0.2, -0.15) is 0 Å². The number of carbonyl (C=O) groups is 2. The van der Waals surface area contributed by atoms with Gasteiger partial charge in [-0.15, -0.1) is 0 Å². The number of methoxy groups -OCH3 is 1. The third kappa shape index (κ3) is 5.33. The molecule has 1 aliphatic carbocycles. The van der Waals surface area contributed by atoms with Gasteiger partial charge in [0.1, 0.15) is 5.75 Å². The van der Waals surface area contributed by atoms with Crippen molar-refractivity contribution in [1.82, 2.24) is 4.72 Å². The van der Waals surface area contributed by atoms with Crippen LogP contribution < -0.4 is 20.1 Å². The molecule has 0 saturated heterocycles. The molecule has 0 heterocycles. The Morgan fingerprint density at radius 3 is 2.52 bits per heavy atom. The van der Waals surface area contributed by atoms with Gasteiger partial charge < -0.3 is 15.4 Å². The minimum absolute atomic E-state index is 0.0267. The van der Waals surface area contributed by atoms with Gasteiger partial charge in [-0.1, -0.05) is 13.0 Å². The third-order valence-corrected chi connectivity index (χ3v) is 5.88. The first-order chi connectivity index (χ1) is 13.8. The zero-order valence-electron chi connectivity index (χ0n) is 16.2. The molecule has 0 atom stereocenters. The normalized spacial score (nSPS) is 13.6. The molecular weight excluding hydrogens is 394 g/mol. The number of carbonyl (C=O) groups excluding carboxylic acids is 2. The van der Waals surface area contributed by atoms with Gasteiger partial charge in [0, 0.05) is 23.7 Å². The lowest BCUT2D eigenvalue weighted by Crippen LogP contribution is -2.26. The Bertz CT molecular complexity index is 1030. The van der Waals surface area contributed by atoms with Crippen LogP contribution in [0.1, 0.15) is 36.5 Å². The number of ether oxygens (including phenoxy) is 1. The lowest BCUT2D eigenvalue weighted by molar-refractivity contribution is -0.115. The molecule has 154 valence electrons. The number of nitrogens with one attached hydrogen (secondary N) is 3. The second-order valence-corrected chi connectivity index (χ2v) is 8.41. The number of hydrogen-bond acceptors (Lipinski definition) is 5. The Hall–Kier alpha value is -2.91. The van der Waals surface area contributed by atoms with E-state index in [0.29, 0.717) is 23.4 Å². The maximum atomic E-state index is 12.7. The minimum Gasteiger partial charge on any atom is -0.495 e. The van der Waals surface area contributed by atoms with Gasteiger partial charge in [0.05, 0.1) is 17.7 Å². The fraction of sp³-hybridized carbons (Fsp3) is 0.300. The zero-order chi connectivity index (χ0) is 21.0. The van der Waals surface area contributed by atoms with Gasteiger partial charge in [-0.05, 0) is 49.2 Å². The van der Waals surface area contributed by atoms with Crippen molar-refractivity contribution in [3.63, 3.8) is 0 Å². The van der Waals surface area contributed by atoms with Crippen LogP contribution in [-0.4, -0.2) is 33.4 Å². The number of benzene rings is 2. The second-order valence-electron chi connectivity index (χ2n) is 6.69. The van der Waals surface area contributed by atoms with E-state index in [-0.39, 0.29) is 22.5 Å². The molecule has 8 nitrogen and oxygen atoms in total. The Labute approximate surface area is 169 Å². The highest BCUT2D eigenvalue weighted by Crippen LogP contribution is 2.29. The van der Waals surface area contributed by atoms with Crippen molar-refractivity contribution < 1.29 is 22.7 Å². The van der Waals surface area contributed by atoms with E-state index in [1.54, 1.807) is 31.2 Å². The lowest BCUT2D eigenvalue weighted by atomic mass is 10.1. The van der Waals surface area contributed by atoms with Crippen molar-refractivity contribution in [3.8, 4) is 5.75 Å². The maximum absolute atomic E-state index is 12.7. The number of rotatable bonds is 8. The number of sulfonamides is 1. The summed E-state index contributed by atoms with van der Waals surface area (Å²) in [5.74, 6) is -0.287. The second kappa shape index (κ2) is 8.62. The highest BCUT2D eigenvalue weighted by atomic mass is 32.2. The summed E-state index contributed by atoms with van der Waals surface area (Å²) in [6.07, 6.45) is 1.97. The summed E-state index contributed by atoms with van der Waals surface area (Å²) < 4.78 is 32.8. The first-order valence-electron chi connectivity index (χ1n) is 9.24. The van der Waals surface area contributed by atoms with Gasteiger partial charge in [0.2, 0.25) is 15.9 Å². The average Bonchev–Trinajstić information content (AvgIpc) is 3.51. The molecule has 1 aliphatic rings. The zero-order valence-corrected chi connectivity index (χ0v) is 17.0. The van der Waals surface area contributed by atoms with Crippen molar-refractivity contribution in [2.45, 2.75) is 37.1 Å². The van der Waals surface area contributed by atoms with Gasteiger partial charge in [-0.25, -0.2) is 13.1 Å². The first-order valence-corrected chi connectivity index (χ1v) is 10.7. The number of amides is 2. The Balaban J connectivity index is 1.83. The van der Waals surface area contributed by atoms with E-state index in [2.05, 4.69) is 15.4 Å². The van der Waals surface area contributed by atoms with Crippen molar-refractivity contribution in [2.24, 2.45) is 0 Å². The third-order valence-electron chi connectivity index (χ3n) is 4.36. The highest BCUT2D eigenvalue weighted by Gasteiger charge is 2.28. The molecule has 1 fully saturated rings. The van der Waals surface area contributed by atoms with Crippen molar-refractivity contribution in [3.05, 3.63) is 48.0 Å². The topological polar surface area (TPSA) is 114 Å². The fourth-order valence-electron chi connectivity index (χ4n) is 2.62. The summed E-state index contributed by atoms with van der Waals surface area (Å²) >= 11 is 0. The largest absolute Gasteiger partial charge is 0.495 e. The van der Waals surface area contributed by atoms with Crippen LogP contribution in [0.15, 0.2) is 47.4 Å². The molecule has 9 heteroatoms. The van der Waals surface area contributed by atoms with Crippen LogP contribution in [0.2, 0.25) is 0 Å². The van der Waals surface area contributed by atoms with Gasteiger partial charge in [0.25, 0.3) is 5.91 Å². The van der Waals surface area contributed by atoms with Gasteiger partial charge >= 0.3 is 0 Å². The minimum atomic E-state index is -3.67. The van der Waals surface area contributed by atoms with E-state index in [0.717, 1.165) is 12.8 Å². The van der Waals surface area contributed by atoms with E-state index in [1.807, 2.05) is 0 Å².